The van der Waals surface area contributed by atoms with Crippen LogP contribution in [0.4, 0.5) is 0 Å². The van der Waals surface area contributed by atoms with Crippen molar-refractivity contribution in [3.63, 3.8) is 0 Å². The zero-order chi connectivity index (χ0) is 21.4. The third-order valence-corrected chi connectivity index (χ3v) is 6.91. The molecule has 4 atom stereocenters. The molecule has 0 aromatic heterocycles. The fourth-order valence-corrected chi connectivity index (χ4v) is 5.62. The molecule has 0 bridgehead atoms. The first-order chi connectivity index (χ1) is 15.1. The average Bonchev–Trinajstić information content (AvgIpc) is 3.15. The van der Waals surface area contributed by atoms with E-state index in [1.165, 1.54) is 0 Å². The number of nitrogens with zero attached hydrogens (tertiary/aromatic N) is 1. The van der Waals surface area contributed by atoms with Crippen LogP contribution in [0.2, 0.25) is 0 Å². The van der Waals surface area contributed by atoms with Crippen LogP contribution in [0, 0.1) is 11.8 Å². The number of hydrogen-bond acceptors (Lipinski definition) is 2. The molecule has 31 heavy (non-hydrogen) atoms. The summed E-state index contributed by atoms with van der Waals surface area (Å²) in [6, 6.07) is 27.1. The van der Waals surface area contributed by atoms with Crippen LogP contribution in [0.25, 0.3) is 0 Å². The number of benzene rings is 3. The Labute approximate surface area is 182 Å². The lowest BCUT2D eigenvalue weighted by atomic mass is 9.67. The Morgan fingerprint density at radius 3 is 2.23 bits per heavy atom. The molecular formula is C27H25NO3. The van der Waals surface area contributed by atoms with Crippen molar-refractivity contribution < 1.29 is 14.7 Å². The van der Waals surface area contributed by atoms with Crippen LogP contribution in [0.3, 0.4) is 0 Å². The highest BCUT2D eigenvalue weighted by molar-refractivity contribution is 5.95. The van der Waals surface area contributed by atoms with Gasteiger partial charge < -0.3 is 10.0 Å². The van der Waals surface area contributed by atoms with Gasteiger partial charge in [-0.05, 0) is 47.6 Å². The van der Waals surface area contributed by atoms with Crippen LogP contribution < -0.4 is 0 Å². The summed E-state index contributed by atoms with van der Waals surface area (Å²) in [7, 11) is 0. The number of likely N-dealkylation sites (tertiary alicyclic amines) is 1. The second kappa shape index (κ2) is 8.03. The first kappa shape index (κ1) is 19.6. The average molecular weight is 412 g/mol. The van der Waals surface area contributed by atoms with E-state index in [9.17, 15) is 14.7 Å². The second-order valence-corrected chi connectivity index (χ2v) is 8.64. The summed E-state index contributed by atoms with van der Waals surface area (Å²) in [5, 5.41) is 10.3. The van der Waals surface area contributed by atoms with Gasteiger partial charge in [0.25, 0.3) is 5.91 Å². The second-order valence-electron chi connectivity index (χ2n) is 8.64. The monoisotopic (exact) mass is 411 g/mol. The van der Waals surface area contributed by atoms with Crippen molar-refractivity contribution in [2.75, 3.05) is 6.54 Å². The Morgan fingerprint density at radius 1 is 0.871 bits per heavy atom. The van der Waals surface area contributed by atoms with Gasteiger partial charge in [-0.15, -0.1) is 0 Å². The zero-order valence-electron chi connectivity index (χ0n) is 17.2. The lowest BCUT2D eigenvalue weighted by Gasteiger charge is -2.36. The van der Waals surface area contributed by atoms with Crippen LogP contribution in [-0.2, 0) is 17.6 Å². The van der Waals surface area contributed by atoms with E-state index < -0.39 is 11.9 Å². The molecule has 4 nitrogen and oxygen atoms in total. The Hall–Kier alpha value is -3.40. The Morgan fingerprint density at radius 2 is 1.52 bits per heavy atom. The highest BCUT2D eigenvalue weighted by Crippen LogP contribution is 2.48. The van der Waals surface area contributed by atoms with Crippen LogP contribution in [-0.4, -0.2) is 34.5 Å². The van der Waals surface area contributed by atoms with Gasteiger partial charge in [-0.3, -0.25) is 9.59 Å². The molecule has 5 rings (SSSR count). The fourth-order valence-electron chi connectivity index (χ4n) is 5.62. The summed E-state index contributed by atoms with van der Waals surface area (Å²) in [6.45, 7) is 0.591. The zero-order valence-corrected chi connectivity index (χ0v) is 17.2. The van der Waals surface area contributed by atoms with Crippen molar-refractivity contribution in [2.24, 2.45) is 11.8 Å². The van der Waals surface area contributed by atoms with Crippen molar-refractivity contribution in [1.82, 2.24) is 4.90 Å². The van der Waals surface area contributed by atoms with E-state index in [1.807, 2.05) is 77.7 Å². The van der Waals surface area contributed by atoms with E-state index in [2.05, 4.69) is 12.1 Å². The maximum Gasteiger partial charge on any atom is 0.311 e. The van der Waals surface area contributed by atoms with E-state index >= 15 is 0 Å². The number of carbonyl (C=O) groups excluding carboxylic acids is 1. The first-order valence-electron chi connectivity index (χ1n) is 10.8. The number of hydrogen-bond donors (Lipinski definition) is 1. The molecule has 1 aliphatic carbocycles. The minimum Gasteiger partial charge on any atom is -0.481 e. The van der Waals surface area contributed by atoms with Crippen molar-refractivity contribution in [1.29, 1.82) is 0 Å². The normalized spacial score (nSPS) is 24.3. The van der Waals surface area contributed by atoms with Crippen LogP contribution in [0.15, 0.2) is 84.9 Å². The summed E-state index contributed by atoms with van der Waals surface area (Å²) in [5.41, 5.74) is 3.79. The van der Waals surface area contributed by atoms with Crippen LogP contribution in [0.5, 0.6) is 0 Å². The highest BCUT2D eigenvalue weighted by atomic mass is 16.4. The number of carboxylic acid groups (broad SMARTS) is 1. The van der Waals surface area contributed by atoms with E-state index in [4.69, 9.17) is 0 Å². The largest absolute Gasteiger partial charge is 0.481 e. The van der Waals surface area contributed by atoms with Crippen molar-refractivity contribution in [3.05, 3.63) is 107 Å². The number of aliphatic carboxylic acids is 1. The fraction of sp³-hybridized carbons (Fsp3) is 0.259. The molecule has 0 unspecified atom stereocenters. The quantitative estimate of drug-likeness (QED) is 0.692. The number of carbonyl (C=O) groups is 2. The molecule has 3 aromatic rings. The minimum absolute atomic E-state index is 0.0101. The standard InChI is InChI=1S/C27H25NO3/c29-26(19-11-5-2-6-12-19)28-17-21-16-20-13-7-8-14-22(20)25(27(30)31)24(21)23(28)15-18-9-3-1-4-10-18/h1-14,21,23-25H,15-17H2,(H,30,31)/t21-,23+,24+,25-/m1/s1. The predicted molar refractivity (Wildman–Crippen MR) is 119 cm³/mol. The molecule has 156 valence electrons. The van der Waals surface area contributed by atoms with Gasteiger partial charge in [0, 0.05) is 24.1 Å². The van der Waals surface area contributed by atoms with Gasteiger partial charge in [-0.1, -0.05) is 72.8 Å². The topological polar surface area (TPSA) is 57.6 Å². The Kier molecular flexibility index (Phi) is 5.06. The van der Waals surface area contributed by atoms with Crippen molar-refractivity contribution in [2.45, 2.75) is 24.8 Å². The van der Waals surface area contributed by atoms with E-state index in [-0.39, 0.29) is 23.8 Å². The molecule has 1 aliphatic heterocycles. The van der Waals surface area contributed by atoms with E-state index in [1.54, 1.807) is 0 Å². The summed E-state index contributed by atoms with van der Waals surface area (Å²) >= 11 is 0. The van der Waals surface area contributed by atoms with Crippen LogP contribution in [0.1, 0.15) is 33.0 Å². The van der Waals surface area contributed by atoms with Gasteiger partial charge in [0.2, 0.25) is 0 Å². The van der Waals surface area contributed by atoms with Gasteiger partial charge in [0.15, 0.2) is 0 Å². The molecule has 1 amide bonds. The van der Waals surface area contributed by atoms with Gasteiger partial charge in [0.05, 0.1) is 5.92 Å². The first-order valence-corrected chi connectivity index (χ1v) is 10.8. The number of rotatable bonds is 4. The Bertz CT molecular complexity index is 1100. The molecule has 1 saturated heterocycles. The van der Waals surface area contributed by atoms with Gasteiger partial charge >= 0.3 is 5.97 Å². The minimum atomic E-state index is -0.797. The number of fused-ring (bicyclic) bond motifs is 2. The van der Waals surface area contributed by atoms with E-state index in [0.717, 1.165) is 23.1 Å². The maximum atomic E-state index is 13.5. The molecule has 0 spiro atoms. The van der Waals surface area contributed by atoms with Crippen molar-refractivity contribution in [3.8, 4) is 0 Å². The van der Waals surface area contributed by atoms with Gasteiger partial charge in [0.1, 0.15) is 0 Å². The lowest BCUT2D eigenvalue weighted by Crippen LogP contribution is -2.43. The third kappa shape index (κ3) is 3.52. The molecule has 1 fully saturated rings. The number of amides is 1. The molecule has 1 N–H and O–H groups in total. The summed E-state index contributed by atoms with van der Waals surface area (Å²) in [5.74, 6) is -1.38. The molecule has 0 radical (unpaired) electrons. The molecule has 1 heterocycles. The maximum absolute atomic E-state index is 13.5. The van der Waals surface area contributed by atoms with Gasteiger partial charge in [-0.25, -0.2) is 0 Å². The molecule has 4 heteroatoms. The predicted octanol–water partition coefficient (Wildman–Crippen LogP) is 4.41. The van der Waals surface area contributed by atoms with Crippen molar-refractivity contribution >= 4 is 11.9 Å². The molecule has 3 aromatic carbocycles. The lowest BCUT2D eigenvalue weighted by molar-refractivity contribution is -0.141. The molecule has 2 aliphatic rings. The highest BCUT2D eigenvalue weighted by Gasteiger charge is 2.52. The van der Waals surface area contributed by atoms with Gasteiger partial charge in [-0.2, -0.15) is 0 Å². The smallest absolute Gasteiger partial charge is 0.311 e. The molecule has 0 saturated carbocycles. The Balaban J connectivity index is 1.58. The summed E-state index contributed by atoms with van der Waals surface area (Å²) in [4.78, 5) is 28.0. The number of carboxylic acids is 1. The summed E-state index contributed by atoms with van der Waals surface area (Å²) in [6.07, 6.45) is 1.47. The summed E-state index contributed by atoms with van der Waals surface area (Å²) < 4.78 is 0. The van der Waals surface area contributed by atoms with E-state index in [0.29, 0.717) is 18.5 Å². The SMILES string of the molecule is O=C(O)[C@@H]1c2ccccc2C[C@@H]2CN(C(=O)c3ccccc3)[C@@H](Cc3ccccc3)[C@H]21. The van der Waals surface area contributed by atoms with Crippen LogP contribution >= 0.6 is 0 Å². The molecular weight excluding hydrogens is 386 g/mol. The third-order valence-electron chi connectivity index (χ3n) is 6.91.